The number of methoxy groups -OCH3 is 1. The lowest BCUT2D eigenvalue weighted by Crippen LogP contribution is -2.24. The summed E-state index contributed by atoms with van der Waals surface area (Å²) in [6.07, 6.45) is 0. The zero-order chi connectivity index (χ0) is 12.7. The molecule has 0 amide bonds. The lowest BCUT2D eigenvalue weighted by Gasteiger charge is -2.15. The lowest BCUT2D eigenvalue weighted by atomic mass is 10.2. The van der Waals surface area contributed by atoms with Crippen LogP contribution in [0.15, 0.2) is 18.2 Å². The molecule has 3 heteroatoms. The summed E-state index contributed by atoms with van der Waals surface area (Å²) >= 11 is 0. The summed E-state index contributed by atoms with van der Waals surface area (Å²) in [7, 11) is 1.67. The Balaban J connectivity index is 2.50. The number of nitrogens with one attached hydrogen (secondary N) is 1. The molecule has 0 heterocycles. The number of aryl methyl sites for hydroxylation is 1. The van der Waals surface area contributed by atoms with Gasteiger partial charge in [-0.05, 0) is 31.2 Å². The van der Waals surface area contributed by atoms with Crippen molar-refractivity contribution in [1.29, 1.82) is 0 Å². The molecule has 0 bridgehead atoms. The van der Waals surface area contributed by atoms with Crippen LogP contribution in [0.1, 0.15) is 19.4 Å². The van der Waals surface area contributed by atoms with E-state index in [-0.39, 0.29) is 0 Å². The van der Waals surface area contributed by atoms with Crippen molar-refractivity contribution in [3.63, 3.8) is 0 Å². The summed E-state index contributed by atoms with van der Waals surface area (Å²) in [4.78, 5) is 0. The monoisotopic (exact) mass is 237 g/mol. The molecule has 1 aromatic rings. The molecule has 3 nitrogen and oxygen atoms in total. The van der Waals surface area contributed by atoms with Crippen molar-refractivity contribution in [3.05, 3.63) is 23.8 Å². The second-order valence-corrected chi connectivity index (χ2v) is 4.38. The molecule has 0 aliphatic carbocycles. The van der Waals surface area contributed by atoms with Crippen molar-refractivity contribution < 1.29 is 9.47 Å². The maximum Gasteiger partial charge on any atom is 0.161 e. The summed E-state index contributed by atoms with van der Waals surface area (Å²) in [5.74, 6) is 2.11. The molecule has 96 valence electrons. The van der Waals surface area contributed by atoms with Crippen LogP contribution in [0.4, 0.5) is 0 Å². The molecule has 0 saturated heterocycles. The van der Waals surface area contributed by atoms with Crippen LogP contribution in [-0.4, -0.2) is 26.8 Å². The number of benzene rings is 1. The van der Waals surface area contributed by atoms with Gasteiger partial charge in [0, 0.05) is 12.5 Å². The molecule has 0 radical (unpaired) electrons. The van der Waals surface area contributed by atoms with Crippen molar-refractivity contribution in [2.24, 2.45) is 5.92 Å². The van der Waals surface area contributed by atoms with Crippen molar-refractivity contribution >= 4 is 0 Å². The second-order valence-electron chi connectivity index (χ2n) is 4.38. The molecular weight excluding hydrogens is 214 g/mol. The van der Waals surface area contributed by atoms with Gasteiger partial charge in [0.25, 0.3) is 0 Å². The van der Waals surface area contributed by atoms with Crippen LogP contribution in [-0.2, 0) is 0 Å². The first kappa shape index (κ1) is 13.8. The molecule has 0 fully saturated rings. The highest BCUT2D eigenvalue weighted by Crippen LogP contribution is 2.27. The number of rotatable bonds is 7. The van der Waals surface area contributed by atoms with E-state index in [4.69, 9.17) is 9.47 Å². The third-order valence-electron chi connectivity index (χ3n) is 2.59. The van der Waals surface area contributed by atoms with E-state index in [9.17, 15) is 0 Å². The fraction of sp³-hybridized carbons (Fsp3) is 0.571. The van der Waals surface area contributed by atoms with Gasteiger partial charge in [-0.1, -0.05) is 19.9 Å². The zero-order valence-electron chi connectivity index (χ0n) is 11.2. The quantitative estimate of drug-likeness (QED) is 0.790. The molecule has 1 rings (SSSR count). The fourth-order valence-corrected chi connectivity index (χ4v) is 1.58. The Bertz CT molecular complexity index is 339. The molecule has 0 aliphatic heterocycles. The van der Waals surface area contributed by atoms with Crippen molar-refractivity contribution in [2.45, 2.75) is 20.8 Å². The Morgan fingerprint density at radius 1 is 1.29 bits per heavy atom. The first-order valence-corrected chi connectivity index (χ1v) is 6.15. The summed E-state index contributed by atoms with van der Waals surface area (Å²) in [5, 5.41) is 3.31. The van der Waals surface area contributed by atoms with Gasteiger partial charge in [0.1, 0.15) is 0 Å². The van der Waals surface area contributed by atoms with Gasteiger partial charge in [0.05, 0.1) is 13.7 Å². The standard InChI is InChI=1S/C14H23NO2/c1-5-15-9-12(3)10-17-13-7-6-11(2)8-14(13)16-4/h6-8,12,15H,5,9-10H2,1-4H3. The van der Waals surface area contributed by atoms with E-state index in [2.05, 4.69) is 19.2 Å². The van der Waals surface area contributed by atoms with Crippen LogP contribution in [0.5, 0.6) is 11.5 Å². The lowest BCUT2D eigenvalue weighted by molar-refractivity contribution is 0.244. The maximum atomic E-state index is 5.78. The zero-order valence-corrected chi connectivity index (χ0v) is 11.2. The van der Waals surface area contributed by atoms with Crippen LogP contribution in [0.2, 0.25) is 0 Å². The van der Waals surface area contributed by atoms with E-state index in [1.165, 1.54) is 5.56 Å². The number of hydrogen-bond donors (Lipinski definition) is 1. The van der Waals surface area contributed by atoms with Gasteiger partial charge in [-0.25, -0.2) is 0 Å². The first-order valence-electron chi connectivity index (χ1n) is 6.15. The molecule has 0 aromatic heterocycles. The van der Waals surface area contributed by atoms with Crippen LogP contribution in [0, 0.1) is 12.8 Å². The number of ether oxygens (including phenoxy) is 2. The van der Waals surface area contributed by atoms with Gasteiger partial charge in [-0.2, -0.15) is 0 Å². The maximum absolute atomic E-state index is 5.78. The predicted octanol–water partition coefficient (Wildman–Crippen LogP) is 2.63. The van der Waals surface area contributed by atoms with Crippen molar-refractivity contribution in [2.75, 3.05) is 26.8 Å². The second kappa shape index (κ2) is 7.17. The Morgan fingerprint density at radius 3 is 2.71 bits per heavy atom. The highest BCUT2D eigenvalue weighted by atomic mass is 16.5. The van der Waals surface area contributed by atoms with E-state index in [0.29, 0.717) is 12.5 Å². The first-order chi connectivity index (χ1) is 8.17. The third kappa shape index (κ3) is 4.65. The minimum Gasteiger partial charge on any atom is -0.493 e. The van der Waals surface area contributed by atoms with Gasteiger partial charge in [0.2, 0.25) is 0 Å². The van der Waals surface area contributed by atoms with E-state index in [1.807, 2.05) is 25.1 Å². The normalized spacial score (nSPS) is 12.2. The molecule has 0 saturated carbocycles. The topological polar surface area (TPSA) is 30.5 Å². The van der Waals surface area contributed by atoms with Crippen LogP contribution in [0.3, 0.4) is 0 Å². The van der Waals surface area contributed by atoms with E-state index >= 15 is 0 Å². The van der Waals surface area contributed by atoms with Crippen molar-refractivity contribution in [3.8, 4) is 11.5 Å². The SMILES string of the molecule is CCNCC(C)COc1ccc(C)cc1OC. The van der Waals surface area contributed by atoms with Crippen LogP contribution >= 0.6 is 0 Å². The predicted molar refractivity (Wildman–Crippen MR) is 70.9 cm³/mol. The fourth-order valence-electron chi connectivity index (χ4n) is 1.58. The third-order valence-corrected chi connectivity index (χ3v) is 2.59. The Hall–Kier alpha value is -1.22. The molecule has 17 heavy (non-hydrogen) atoms. The van der Waals surface area contributed by atoms with Crippen LogP contribution < -0.4 is 14.8 Å². The molecular formula is C14H23NO2. The number of hydrogen-bond acceptors (Lipinski definition) is 3. The summed E-state index contributed by atoms with van der Waals surface area (Å²) in [6, 6.07) is 5.99. The largest absolute Gasteiger partial charge is 0.493 e. The van der Waals surface area contributed by atoms with Gasteiger partial charge >= 0.3 is 0 Å². The highest BCUT2D eigenvalue weighted by Gasteiger charge is 2.07. The Morgan fingerprint density at radius 2 is 2.06 bits per heavy atom. The van der Waals surface area contributed by atoms with E-state index < -0.39 is 0 Å². The molecule has 0 spiro atoms. The van der Waals surface area contributed by atoms with Gasteiger partial charge in [0.15, 0.2) is 11.5 Å². The van der Waals surface area contributed by atoms with Gasteiger partial charge in [-0.3, -0.25) is 0 Å². The molecule has 1 aromatic carbocycles. The van der Waals surface area contributed by atoms with Gasteiger partial charge in [-0.15, -0.1) is 0 Å². The van der Waals surface area contributed by atoms with Crippen molar-refractivity contribution in [1.82, 2.24) is 5.32 Å². The molecule has 0 aliphatic rings. The smallest absolute Gasteiger partial charge is 0.161 e. The minimum absolute atomic E-state index is 0.487. The Kier molecular flexibility index (Phi) is 5.84. The average Bonchev–Trinajstić information content (AvgIpc) is 2.34. The summed E-state index contributed by atoms with van der Waals surface area (Å²) in [5.41, 5.74) is 1.18. The summed E-state index contributed by atoms with van der Waals surface area (Å²) < 4.78 is 11.1. The van der Waals surface area contributed by atoms with E-state index in [1.54, 1.807) is 7.11 Å². The Labute approximate surface area is 104 Å². The van der Waals surface area contributed by atoms with Crippen LogP contribution in [0.25, 0.3) is 0 Å². The van der Waals surface area contributed by atoms with Gasteiger partial charge < -0.3 is 14.8 Å². The highest BCUT2D eigenvalue weighted by molar-refractivity contribution is 5.42. The molecule has 1 atom stereocenters. The summed E-state index contributed by atoms with van der Waals surface area (Å²) in [6.45, 7) is 9.00. The van der Waals surface area contributed by atoms with E-state index in [0.717, 1.165) is 24.6 Å². The molecule has 1 N–H and O–H groups in total. The average molecular weight is 237 g/mol. The molecule has 1 unspecified atom stereocenters. The minimum atomic E-state index is 0.487.